The van der Waals surface area contributed by atoms with Crippen molar-refractivity contribution in [2.75, 3.05) is 17.8 Å². The van der Waals surface area contributed by atoms with Gasteiger partial charge in [-0.1, -0.05) is 20.8 Å². The van der Waals surface area contributed by atoms with Gasteiger partial charge in [-0.3, -0.25) is 9.59 Å². The number of Topliss-reactive ketones (excluding diaryl/α,β-unsaturated/α-hetero) is 2. The highest BCUT2D eigenvalue weighted by Crippen LogP contribution is 2.64. The predicted octanol–water partition coefficient (Wildman–Crippen LogP) is 2.94. The van der Waals surface area contributed by atoms with E-state index in [4.69, 9.17) is 0 Å². The zero-order valence-corrected chi connectivity index (χ0v) is 18.8. The number of fused-ring (bicyclic) bond motifs is 2. The summed E-state index contributed by atoms with van der Waals surface area (Å²) in [4.78, 5) is 22.9. The molecule has 0 N–H and O–H groups in total. The maximum atomic E-state index is 11.8. The van der Waals surface area contributed by atoms with Crippen molar-refractivity contribution < 1.29 is 22.6 Å². The Labute approximate surface area is 161 Å². The molecule has 2 aliphatic carbocycles. The average Bonchev–Trinajstić information content (AvgIpc) is 2.79. The largest absolute Gasteiger partial charge is 0.748 e. The van der Waals surface area contributed by atoms with Gasteiger partial charge in [0.1, 0.15) is 10.5 Å². The molecule has 0 spiro atoms. The minimum atomic E-state index is -4.33. The molecular weight excluding hydrogens is 372 g/mol. The summed E-state index contributed by atoms with van der Waals surface area (Å²) in [6.45, 7) is 12.3. The third-order valence-electron chi connectivity index (χ3n) is 6.38. The molecule has 7 heteroatoms. The molecule has 0 aromatic carbocycles. The summed E-state index contributed by atoms with van der Waals surface area (Å²) in [6.07, 6.45) is 4.74. The van der Waals surface area contributed by atoms with Crippen molar-refractivity contribution in [3.05, 3.63) is 0 Å². The number of hydrogen-bond acceptors (Lipinski definition) is 5. The molecule has 2 rings (SSSR count). The predicted molar refractivity (Wildman–Crippen MR) is 106 cm³/mol. The van der Waals surface area contributed by atoms with Crippen molar-refractivity contribution in [3.8, 4) is 0 Å². The quantitative estimate of drug-likeness (QED) is 0.517. The van der Waals surface area contributed by atoms with Crippen molar-refractivity contribution in [3.63, 3.8) is 0 Å². The summed E-state index contributed by atoms with van der Waals surface area (Å²) in [7, 11) is -4.09. The molecule has 2 saturated carbocycles. The van der Waals surface area contributed by atoms with Crippen LogP contribution in [-0.4, -0.2) is 47.0 Å². The van der Waals surface area contributed by atoms with Crippen LogP contribution in [0.25, 0.3) is 0 Å². The van der Waals surface area contributed by atoms with E-state index in [2.05, 4.69) is 27.0 Å². The van der Waals surface area contributed by atoms with Crippen LogP contribution in [0, 0.1) is 16.7 Å². The van der Waals surface area contributed by atoms with Crippen molar-refractivity contribution >= 4 is 32.6 Å². The zero-order chi connectivity index (χ0) is 20.6. The summed E-state index contributed by atoms with van der Waals surface area (Å²) >= 11 is 0. The van der Waals surface area contributed by atoms with Crippen LogP contribution in [0.4, 0.5) is 0 Å². The lowest BCUT2D eigenvalue weighted by Gasteiger charge is -2.37. The summed E-state index contributed by atoms with van der Waals surface area (Å²) in [5.74, 6) is 0.878. The number of carbonyl (C=O) groups is 2. The third kappa shape index (κ3) is 5.10. The Kier molecular flexibility index (Phi) is 7.20. The van der Waals surface area contributed by atoms with Crippen LogP contribution in [0.1, 0.15) is 67.2 Å². The summed E-state index contributed by atoms with van der Waals surface area (Å²) in [5.41, 5.74) is -1.22. The van der Waals surface area contributed by atoms with Crippen molar-refractivity contribution in [2.45, 2.75) is 72.0 Å². The first-order valence-electron chi connectivity index (χ1n) is 9.18. The fourth-order valence-corrected chi connectivity index (χ4v) is 6.37. The molecular formula is C19H34O5S2. The Hall–Kier alpha value is -0.400. The van der Waals surface area contributed by atoms with Crippen LogP contribution in [-0.2, 0) is 30.6 Å². The van der Waals surface area contributed by atoms with Crippen molar-refractivity contribution in [2.24, 2.45) is 16.7 Å². The SMILES string of the molecule is CC1(C)C2CCC1(CS(=O)(=O)[O-])C(=O)C2.CCC(=O)C[S+](C)C(C)(C)C. The zero-order valence-electron chi connectivity index (χ0n) is 17.2. The third-order valence-corrected chi connectivity index (χ3v) is 10.1. The molecule has 2 fully saturated rings. The first kappa shape index (κ1) is 23.6. The van der Waals surface area contributed by atoms with E-state index < -0.39 is 21.3 Å². The molecule has 152 valence electrons. The monoisotopic (exact) mass is 406 g/mol. The Morgan fingerprint density at radius 3 is 2.15 bits per heavy atom. The fraction of sp³-hybridized carbons (Fsp3) is 0.895. The molecule has 3 unspecified atom stereocenters. The van der Waals surface area contributed by atoms with E-state index in [1.54, 1.807) is 0 Å². The maximum Gasteiger partial charge on any atom is 0.181 e. The van der Waals surface area contributed by atoms with Gasteiger partial charge < -0.3 is 4.55 Å². The molecule has 0 saturated heterocycles. The van der Waals surface area contributed by atoms with E-state index in [1.807, 2.05) is 20.8 Å². The van der Waals surface area contributed by atoms with Gasteiger partial charge >= 0.3 is 0 Å². The second kappa shape index (κ2) is 7.92. The Bertz CT molecular complexity index is 645. The van der Waals surface area contributed by atoms with Gasteiger partial charge in [-0.05, 0) is 55.8 Å². The molecule has 26 heavy (non-hydrogen) atoms. The van der Waals surface area contributed by atoms with Gasteiger partial charge in [0.25, 0.3) is 0 Å². The molecule has 0 radical (unpaired) electrons. The summed E-state index contributed by atoms with van der Waals surface area (Å²) < 4.78 is 33.0. The highest BCUT2D eigenvalue weighted by molar-refractivity contribution is 7.98. The molecule has 5 nitrogen and oxygen atoms in total. The normalized spacial score (nSPS) is 28.5. The van der Waals surface area contributed by atoms with Gasteiger partial charge in [0.2, 0.25) is 0 Å². The minimum absolute atomic E-state index is 0.0248. The lowest BCUT2D eigenvalue weighted by molar-refractivity contribution is -0.128. The molecule has 3 atom stereocenters. The molecule has 2 bridgehead atoms. The maximum absolute atomic E-state index is 11.8. The van der Waals surface area contributed by atoms with E-state index >= 15 is 0 Å². The number of ketones is 2. The Morgan fingerprint density at radius 1 is 1.31 bits per heavy atom. The first-order valence-corrected chi connectivity index (χ1v) is 12.6. The highest BCUT2D eigenvalue weighted by Gasteiger charge is 2.64. The van der Waals surface area contributed by atoms with Crippen LogP contribution in [0.15, 0.2) is 0 Å². The number of hydrogen-bond donors (Lipinski definition) is 0. The van der Waals surface area contributed by atoms with Gasteiger partial charge in [-0.2, -0.15) is 0 Å². The van der Waals surface area contributed by atoms with Gasteiger partial charge in [0.15, 0.2) is 11.5 Å². The topological polar surface area (TPSA) is 91.3 Å². The van der Waals surface area contributed by atoms with Crippen molar-refractivity contribution in [1.29, 1.82) is 0 Å². The highest BCUT2D eigenvalue weighted by atomic mass is 32.2. The van der Waals surface area contributed by atoms with Crippen LogP contribution in [0.5, 0.6) is 0 Å². The second-order valence-electron chi connectivity index (χ2n) is 9.15. The smallest absolute Gasteiger partial charge is 0.181 e. The van der Waals surface area contributed by atoms with Gasteiger partial charge in [0, 0.05) is 18.3 Å². The molecule has 0 amide bonds. The van der Waals surface area contributed by atoms with E-state index in [-0.39, 0.29) is 28.0 Å². The van der Waals surface area contributed by atoms with Crippen LogP contribution >= 0.6 is 0 Å². The molecule has 0 heterocycles. The van der Waals surface area contributed by atoms with E-state index in [0.717, 1.165) is 12.2 Å². The van der Waals surface area contributed by atoms with Gasteiger partial charge in [-0.25, -0.2) is 8.42 Å². The first-order chi connectivity index (χ1) is 11.6. The molecule has 0 aliphatic heterocycles. The molecule has 2 aliphatic rings. The van der Waals surface area contributed by atoms with E-state index in [1.165, 1.54) is 0 Å². The molecule has 0 aromatic rings. The van der Waals surface area contributed by atoms with Gasteiger partial charge in [-0.15, -0.1) is 0 Å². The standard InChI is InChI=1S/C10H16O4S.C9H19OS/c1-9(2)7-3-4-10(9,8(11)5-7)6-15(12,13)14;1-6-8(10)7-11(5)9(2,3)4/h7H,3-6H2,1-2H3,(H,12,13,14);6-7H2,1-5H3/q;+1/p-1. The van der Waals surface area contributed by atoms with Crippen molar-refractivity contribution in [1.82, 2.24) is 0 Å². The molecule has 0 aromatic heterocycles. The van der Waals surface area contributed by atoms with Crippen LogP contribution in [0.2, 0.25) is 0 Å². The Morgan fingerprint density at radius 2 is 1.85 bits per heavy atom. The average molecular weight is 407 g/mol. The van der Waals surface area contributed by atoms with Crippen LogP contribution < -0.4 is 0 Å². The number of carbonyl (C=O) groups excluding carboxylic acids is 2. The van der Waals surface area contributed by atoms with Crippen LogP contribution in [0.3, 0.4) is 0 Å². The van der Waals surface area contributed by atoms with E-state index in [0.29, 0.717) is 29.8 Å². The summed E-state index contributed by atoms with van der Waals surface area (Å²) in [5, 5.41) is 0. The van der Waals surface area contributed by atoms with E-state index in [9.17, 15) is 22.6 Å². The second-order valence-corrected chi connectivity index (χ2v) is 13.3. The fourth-order valence-electron chi connectivity index (χ4n) is 3.97. The number of rotatable bonds is 5. The lowest BCUT2D eigenvalue weighted by Crippen LogP contribution is -2.42. The Balaban J connectivity index is 0.000000276. The van der Waals surface area contributed by atoms with Gasteiger partial charge in [0.05, 0.1) is 22.1 Å². The summed E-state index contributed by atoms with van der Waals surface area (Å²) in [6, 6.07) is 0. The lowest BCUT2D eigenvalue weighted by atomic mass is 9.70. The minimum Gasteiger partial charge on any atom is -0.748 e.